The van der Waals surface area contributed by atoms with Gasteiger partial charge in [-0.1, -0.05) is 38.1 Å². The number of aryl methyl sites for hydroxylation is 1. The summed E-state index contributed by atoms with van der Waals surface area (Å²) in [5.41, 5.74) is 2.76. The van der Waals surface area contributed by atoms with Crippen LogP contribution < -0.4 is 4.72 Å². The van der Waals surface area contributed by atoms with Gasteiger partial charge in [0, 0.05) is 5.69 Å². The fourth-order valence-electron chi connectivity index (χ4n) is 2.13. The number of benzene rings is 2. The Labute approximate surface area is 127 Å². The van der Waals surface area contributed by atoms with Crippen molar-refractivity contribution >= 4 is 15.7 Å². The van der Waals surface area contributed by atoms with E-state index in [9.17, 15) is 8.42 Å². The van der Waals surface area contributed by atoms with E-state index in [0.717, 1.165) is 17.5 Å². The standard InChI is InChI=1S/C17H21NO2S/c1-4-14(3)15-8-10-17(11-9-15)21(19,20)18-16-7-5-6-13(2)12-16/h5-12,14,18H,4H2,1-3H3/t14-/m0/s1. The van der Waals surface area contributed by atoms with Crippen LogP contribution in [0.3, 0.4) is 0 Å². The van der Waals surface area contributed by atoms with Crippen LogP contribution in [0.15, 0.2) is 53.4 Å². The summed E-state index contributed by atoms with van der Waals surface area (Å²) in [6.45, 7) is 6.18. The van der Waals surface area contributed by atoms with Crippen LogP contribution in [-0.2, 0) is 10.0 Å². The van der Waals surface area contributed by atoms with E-state index in [2.05, 4.69) is 18.6 Å². The molecule has 0 saturated carbocycles. The van der Waals surface area contributed by atoms with E-state index in [1.165, 1.54) is 0 Å². The lowest BCUT2D eigenvalue weighted by Crippen LogP contribution is -2.13. The second-order valence-corrected chi connectivity index (χ2v) is 7.04. The number of sulfonamides is 1. The molecule has 21 heavy (non-hydrogen) atoms. The maximum absolute atomic E-state index is 12.4. The van der Waals surface area contributed by atoms with Gasteiger partial charge in [-0.2, -0.15) is 0 Å². The van der Waals surface area contributed by atoms with Gasteiger partial charge < -0.3 is 0 Å². The van der Waals surface area contributed by atoms with E-state index in [1.807, 2.05) is 37.3 Å². The molecule has 0 saturated heterocycles. The molecule has 0 amide bonds. The molecule has 1 atom stereocenters. The number of hydrogen-bond acceptors (Lipinski definition) is 2. The Bertz CT molecular complexity index is 706. The zero-order chi connectivity index (χ0) is 15.5. The maximum atomic E-state index is 12.4. The van der Waals surface area contributed by atoms with Crippen LogP contribution in [0, 0.1) is 6.92 Å². The van der Waals surface area contributed by atoms with Crippen molar-refractivity contribution in [2.45, 2.75) is 38.0 Å². The van der Waals surface area contributed by atoms with Gasteiger partial charge in [0.25, 0.3) is 10.0 Å². The Morgan fingerprint density at radius 2 is 1.76 bits per heavy atom. The highest BCUT2D eigenvalue weighted by Gasteiger charge is 2.14. The molecule has 2 aromatic carbocycles. The topological polar surface area (TPSA) is 46.2 Å². The molecule has 112 valence electrons. The predicted octanol–water partition coefficient (Wildman–Crippen LogP) is 4.31. The number of nitrogens with one attached hydrogen (secondary N) is 1. The minimum atomic E-state index is -3.53. The highest BCUT2D eigenvalue weighted by Crippen LogP contribution is 2.22. The molecule has 0 aliphatic carbocycles. The van der Waals surface area contributed by atoms with E-state index in [4.69, 9.17) is 0 Å². The second-order valence-electron chi connectivity index (χ2n) is 5.35. The van der Waals surface area contributed by atoms with Crippen molar-refractivity contribution in [1.29, 1.82) is 0 Å². The molecule has 2 aromatic rings. The molecule has 0 spiro atoms. The number of rotatable bonds is 5. The average molecular weight is 303 g/mol. The third-order valence-corrected chi connectivity index (χ3v) is 5.04. The third-order valence-electron chi connectivity index (χ3n) is 3.64. The zero-order valence-electron chi connectivity index (χ0n) is 12.6. The molecule has 0 fully saturated rings. The monoisotopic (exact) mass is 303 g/mol. The zero-order valence-corrected chi connectivity index (χ0v) is 13.4. The Morgan fingerprint density at radius 1 is 1.10 bits per heavy atom. The minimum absolute atomic E-state index is 0.288. The van der Waals surface area contributed by atoms with E-state index in [1.54, 1.807) is 18.2 Å². The van der Waals surface area contributed by atoms with Gasteiger partial charge in [0.05, 0.1) is 4.90 Å². The Kier molecular flexibility index (Phi) is 4.68. The Balaban J connectivity index is 2.23. The fourth-order valence-corrected chi connectivity index (χ4v) is 3.18. The van der Waals surface area contributed by atoms with Crippen molar-refractivity contribution < 1.29 is 8.42 Å². The molecule has 0 heterocycles. The summed E-state index contributed by atoms with van der Waals surface area (Å²) in [5, 5.41) is 0. The van der Waals surface area contributed by atoms with Crippen LogP contribution >= 0.6 is 0 Å². The molecule has 0 bridgehead atoms. The van der Waals surface area contributed by atoms with Crippen LogP contribution in [0.4, 0.5) is 5.69 Å². The minimum Gasteiger partial charge on any atom is -0.280 e. The summed E-state index contributed by atoms with van der Waals surface area (Å²) in [7, 11) is -3.53. The summed E-state index contributed by atoms with van der Waals surface area (Å²) < 4.78 is 27.3. The molecule has 4 heteroatoms. The number of anilines is 1. The normalized spacial score (nSPS) is 12.9. The van der Waals surface area contributed by atoms with Gasteiger partial charge in [-0.25, -0.2) is 8.42 Å². The second kappa shape index (κ2) is 6.31. The smallest absolute Gasteiger partial charge is 0.261 e. The van der Waals surface area contributed by atoms with Gasteiger partial charge in [0.2, 0.25) is 0 Å². The summed E-state index contributed by atoms with van der Waals surface area (Å²) >= 11 is 0. The van der Waals surface area contributed by atoms with Crippen molar-refractivity contribution in [3.8, 4) is 0 Å². The van der Waals surface area contributed by atoms with E-state index >= 15 is 0 Å². The molecule has 0 radical (unpaired) electrons. The largest absolute Gasteiger partial charge is 0.280 e. The van der Waals surface area contributed by atoms with Gasteiger partial charge in [0.15, 0.2) is 0 Å². The third kappa shape index (κ3) is 3.85. The summed E-state index contributed by atoms with van der Waals surface area (Å²) in [4.78, 5) is 0.288. The van der Waals surface area contributed by atoms with Gasteiger partial charge in [0.1, 0.15) is 0 Å². The molecular weight excluding hydrogens is 282 g/mol. The van der Waals surface area contributed by atoms with Crippen LogP contribution in [-0.4, -0.2) is 8.42 Å². The first-order valence-electron chi connectivity index (χ1n) is 7.12. The van der Waals surface area contributed by atoms with Gasteiger partial charge in [-0.3, -0.25) is 4.72 Å². The summed E-state index contributed by atoms with van der Waals surface area (Å²) in [6.07, 6.45) is 1.04. The number of hydrogen-bond donors (Lipinski definition) is 1. The van der Waals surface area contributed by atoms with E-state index in [-0.39, 0.29) is 4.90 Å². The molecule has 0 unspecified atom stereocenters. The van der Waals surface area contributed by atoms with Crippen molar-refractivity contribution in [2.24, 2.45) is 0 Å². The fraction of sp³-hybridized carbons (Fsp3) is 0.294. The molecule has 3 nitrogen and oxygen atoms in total. The van der Waals surface area contributed by atoms with E-state index in [0.29, 0.717) is 11.6 Å². The molecule has 0 aliphatic heterocycles. The first kappa shape index (κ1) is 15.6. The first-order chi connectivity index (χ1) is 9.92. The van der Waals surface area contributed by atoms with Crippen molar-refractivity contribution in [1.82, 2.24) is 0 Å². The first-order valence-corrected chi connectivity index (χ1v) is 8.60. The lowest BCUT2D eigenvalue weighted by molar-refractivity contribution is 0.601. The highest BCUT2D eigenvalue weighted by atomic mass is 32.2. The van der Waals surface area contributed by atoms with E-state index < -0.39 is 10.0 Å². The molecule has 0 aliphatic rings. The molecular formula is C17H21NO2S. The van der Waals surface area contributed by atoms with Gasteiger partial charge in [-0.05, 0) is 54.7 Å². The molecule has 2 rings (SSSR count). The van der Waals surface area contributed by atoms with Crippen LogP contribution in [0.5, 0.6) is 0 Å². The summed E-state index contributed by atoms with van der Waals surface area (Å²) in [6, 6.07) is 14.4. The van der Waals surface area contributed by atoms with Crippen LogP contribution in [0.2, 0.25) is 0 Å². The average Bonchev–Trinajstić information content (AvgIpc) is 2.46. The summed E-state index contributed by atoms with van der Waals surface area (Å²) in [5.74, 6) is 0.437. The Hall–Kier alpha value is -1.81. The van der Waals surface area contributed by atoms with Gasteiger partial charge in [-0.15, -0.1) is 0 Å². The lowest BCUT2D eigenvalue weighted by Gasteiger charge is -2.11. The van der Waals surface area contributed by atoms with Crippen molar-refractivity contribution in [3.05, 3.63) is 59.7 Å². The maximum Gasteiger partial charge on any atom is 0.261 e. The SMILES string of the molecule is CC[C@H](C)c1ccc(S(=O)(=O)Nc2cccc(C)c2)cc1. The lowest BCUT2D eigenvalue weighted by atomic mass is 9.99. The van der Waals surface area contributed by atoms with Gasteiger partial charge >= 0.3 is 0 Å². The van der Waals surface area contributed by atoms with Crippen LogP contribution in [0.25, 0.3) is 0 Å². The quantitative estimate of drug-likeness (QED) is 0.894. The molecule has 0 aromatic heterocycles. The molecule has 1 N–H and O–H groups in total. The highest BCUT2D eigenvalue weighted by molar-refractivity contribution is 7.92. The van der Waals surface area contributed by atoms with Crippen LogP contribution in [0.1, 0.15) is 37.3 Å². The van der Waals surface area contributed by atoms with Crippen molar-refractivity contribution in [2.75, 3.05) is 4.72 Å². The predicted molar refractivity (Wildman–Crippen MR) is 87.1 cm³/mol. The van der Waals surface area contributed by atoms with Crippen molar-refractivity contribution in [3.63, 3.8) is 0 Å². The Morgan fingerprint density at radius 3 is 2.33 bits per heavy atom.